The van der Waals surface area contributed by atoms with E-state index >= 15 is 0 Å². The Morgan fingerprint density at radius 2 is 1.52 bits per heavy atom. The van der Waals surface area contributed by atoms with E-state index in [9.17, 15) is 14.7 Å². The summed E-state index contributed by atoms with van der Waals surface area (Å²) in [6.45, 7) is 5.82. The number of nitrogens with one attached hydrogen (secondary N) is 2. The number of H-pyrrole nitrogens is 1. The van der Waals surface area contributed by atoms with Crippen LogP contribution in [0, 0.1) is 13.8 Å². The number of ketones is 1. The lowest BCUT2D eigenvalue weighted by molar-refractivity contribution is -0.137. The zero-order valence-corrected chi connectivity index (χ0v) is 26.9. The summed E-state index contributed by atoms with van der Waals surface area (Å²) in [6.07, 6.45) is -0.190. The molecular formula is C39H36N4O5. The minimum absolute atomic E-state index is 0.181. The van der Waals surface area contributed by atoms with E-state index in [1.54, 1.807) is 48.5 Å². The van der Waals surface area contributed by atoms with E-state index in [0.717, 1.165) is 33.4 Å². The summed E-state index contributed by atoms with van der Waals surface area (Å²) in [5, 5.41) is 13.1. The maximum atomic E-state index is 13.2. The van der Waals surface area contributed by atoms with Crippen molar-refractivity contribution in [2.75, 3.05) is 11.1 Å². The van der Waals surface area contributed by atoms with Crippen LogP contribution in [0.5, 0.6) is 17.2 Å². The fraction of sp³-hybridized carbons (Fsp3) is 0.154. The molecule has 0 saturated carbocycles. The number of ether oxygens (including phenoxy) is 2. The first-order chi connectivity index (χ1) is 23.1. The Labute approximate surface area is 278 Å². The van der Waals surface area contributed by atoms with E-state index in [4.69, 9.17) is 20.2 Å². The van der Waals surface area contributed by atoms with Gasteiger partial charge in [-0.05, 0) is 86.0 Å². The molecule has 5 N–H and O–H groups in total. The number of fused-ring (bicyclic) bond motifs is 1. The molecular weight excluding hydrogens is 604 g/mol. The van der Waals surface area contributed by atoms with Crippen molar-refractivity contribution < 1.29 is 24.2 Å². The largest absolute Gasteiger partial charge is 0.483 e. The predicted molar refractivity (Wildman–Crippen MR) is 187 cm³/mol. The van der Waals surface area contributed by atoms with Gasteiger partial charge in [0.15, 0.2) is 11.9 Å². The molecule has 0 aliphatic carbocycles. The van der Waals surface area contributed by atoms with Gasteiger partial charge >= 0.3 is 5.97 Å². The summed E-state index contributed by atoms with van der Waals surface area (Å²) < 4.78 is 12.3. The summed E-state index contributed by atoms with van der Waals surface area (Å²) in [5.74, 6) is 1.45. The van der Waals surface area contributed by atoms with E-state index in [-0.39, 0.29) is 18.3 Å². The van der Waals surface area contributed by atoms with E-state index in [0.29, 0.717) is 39.9 Å². The number of nitrogens with two attached hydrogens (primary N) is 1. The molecule has 1 aromatic heterocycles. The number of aryl methyl sites for hydroxylation is 2. The lowest BCUT2D eigenvalue weighted by Crippen LogP contribution is -2.32. The minimum Gasteiger partial charge on any atom is -0.483 e. The third-order valence-electron chi connectivity index (χ3n) is 8.17. The molecule has 6 aromatic rings. The number of hydrogen-bond donors (Lipinski definition) is 4. The molecule has 0 bridgehead atoms. The van der Waals surface area contributed by atoms with E-state index < -0.39 is 12.0 Å². The Morgan fingerprint density at radius 3 is 2.23 bits per heavy atom. The van der Waals surface area contributed by atoms with Crippen LogP contribution in [-0.4, -0.2) is 32.9 Å². The highest BCUT2D eigenvalue weighted by molar-refractivity contribution is 6.12. The van der Waals surface area contributed by atoms with E-state index in [2.05, 4.69) is 10.3 Å². The fourth-order valence-corrected chi connectivity index (χ4v) is 5.53. The molecule has 0 spiro atoms. The van der Waals surface area contributed by atoms with Crippen molar-refractivity contribution >= 4 is 34.2 Å². The first kappa shape index (κ1) is 31.9. The van der Waals surface area contributed by atoms with Gasteiger partial charge in [0.25, 0.3) is 0 Å². The number of imidazole rings is 1. The summed E-state index contributed by atoms with van der Waals surface area (Å²) in [7, 11) is 0. The van der Waals surface area contributed by atoms with Crippen molar-refractivity contribution in [3.63, 3.8) is 0 Å². The lowest BCUT2D eigenvalue weighted by atomic mass is 10.00. The van der Waals surface area contributed by atoms with Crippen molar-refractivity contribution in [2.45, 2.75) is 39.3 Å². The van der Waals surface area contributed by atoms with Crippen LogP contribution in [0.15, 0.2) is 109 Å². The maximum Gasteiger partial charge on any atom is 0.326 e. The average Bonchev–Trinajstić information content (AvgIpc) is 3.52. The van der Waals surface area contributed by atoms with Gasteiger partial charge in [-0.1, -0.05) is 54.6 Å². The quantitative estimate of drug-likeness (QED) is 0.0779. The highest BCUT2D eigenvalue weighted by Gasteiger charge is 2.22. The molecule has 9 heteroatoms. The summed E-state index contributed by atoms with van der Waals surface area (Å²) in [4.78, 5) is 33.4. The summed E-state index contributed by atoms with van der Waals surface area (Å²) in [5.41, 5.74) is 12.6. The van der Waals surface area contributed by atoms with Gasteiger partial charge in [-0.15, -0.1) is 0 Å². The second kappa shape index (κ2) is 13.7. The van der Waals surface area contributed by atoms with Gasteiger partial charge < -0.3 is 30.6 Å². The van der Waals surface area contributed by atoms with Crippen LogP contribution in [0.2, 0.25) is 0 Å². The number of carboxylic acids is 1. The number of carbonyl (C=O) groups is 2. The molecule has 5 aromatic carbocycles. The third kappa shape index (κ3) is 7.15. The van der Waals surface area contributed by atoms with Crippen LogP contribution in [0.4, 0.5) is 11.4 Å². The standard InChI is InChI=1S/C39H36N4O5/c1-23-19-30(20-24(2)36(23)40)48-29-17-18-33-34(22-29)43-38(42-33)25(3)47-28-15-13-26(14-16-28)21-35(39(45)46)41-32-12-8-7-11-31(32)37(44)27-9-5-4-6-10-27/h4-20,22,25,35,41H,21,40H2,1-3H3,(H,42,43)(H,45,46). The van der Waals surface area contributed by atoms with Crippen LogP contribution < -0.4 is 20.5 Å². The highest BCUT2D eigenvalue weighted by Crippen LogP contribution is 2.30. The van der Waals surface area contributed by atoms with Crippen molar-refractivity contribution in [1.82, 2.24) is 9.97 Å². The van der Waals surface area contributed by atoms with Gasteiger partial charge in [0.1, 0.15) is 29.1 Å². The van der Waals surface area contributed by atoms with Gasteiger partial charge in [-0.2, -0.15) is 0 Å². The van der Waals surface area contributed by atoms with Crippen LogP contribution >= 0.6 is 0 Å². The first-order valence-corrected chi connectivity index (χ1v) is 15.6. The molecule has 0 radical (unpaired) electrons. The molecule has 6 rings (SSSR count). The molecule has 242 valence electrons. The number of carbonyl (C=O) groups excluding carboxylic acids is 1. The molecule has 0 saturated heterocycles. The predicted octanol–water partition coefficient (Wildman–Crippen LogP) is 8.03. The van der Waals surface area contributed by atoms with Crippen LogP contribution in [0.3, 0.4) is 0 Å². The zero-order chi connectivity index (χ0) is 33.8. The number of aromatic amines is 1. The summed E-state index contributed by atoms with van der Waals surface area (Å²) in [6, 6.07) is 31.7. The highest BCUT2D eigenvalue weighted by atomic mass is 16.5. The van der Waals surface area contributed by atoms with E-state index in [1.165, 1.54) is 0 Å². The third-order valence-corrected chi connectivity index (χ3v) is 8.17. The Hall–Kier alpha value is -6.09. The number of nitrogen functional groups attached to an aromatic ring is 1. The topological polar surface area (TPSA) is 140 Å². The maximum absolute atomic E-state index is 13.2. The van der Waals surface area contributed by atoms with Gasteiger partial charge in [-0.25, -0.2) is 9.78 Å². The smallest absolute Gasteiger partial charge is 0.326 e. The van der Waals surface area contributed by atoms with Crippen LogP contribution in [0.1, 0.15) is 51.5 Å². The Balaban J connectivity index is 1.11. The SMILES string of the molecule is Cc1cc(Oc2ccc3nc(C(C)Oc4ccc(CC(Nc5ccccc5C(=O)c5ccccc5)C(=O)O)cc4)[nH]c3c2)cc(C)c1N. The molecule has 2 unspecified atom stereocenters. The molecule has 9 nitrogen and oxygen atoms in total. The molecule has 48 heavy (non-hydrogen) atoms. The molecule has 0 amide bonds. The van der Waals surface area contributed by atoms with Gasteiger partial charge in [0.05, 0.1) is 11.0 Å². The number of benzene rings is 5. The second-order valence-corrected chi connectivity index (χ2v) is 11.8. The van der Waals surface area contributed by atoms with Gasteiger partial charge in [0.2, 0.25) is 0 Å². The Bertz CT molecular complexity index is 2070. The number of rotatable bonds is 12. The molecule has 2 atom stereocenters. The van der Waals surface area contributed by atoms with E-state index in [1.807, 2.05) is 81.4 Å². The molecule has 1 heterocycles. The fourth-order valence-electron chi connectivity index (χ4n) is 5.53. The lowest BCUT2D eigenvalue weighted by Gasteiger charge is -2.19. The normalized spacial score (nSPS) is 12.3. The number of para-hydroxylation sites is 1. The molecule has 0 fully saturated rings. The van der Waals surface area contributed by atoms with Crippen molar-refractivity contribution in [1.29, 1.82) is 0 Å². The monoisotopic (exact) mass is 640 g/mol. The Kier molecular flexibility index (Phi) is 9.11. The number of aliphatic carboxylic acids is 1. The minimum atomic E-state index is -1.02. The zero-order valence-electron chi connectivity index (χ0n) is 26.9. The number of aromatic nitrogens is 2. The second-order valence-electron chi connectivity index (χ2n) is 11.8. The van der Waals surface area contributed by atoms with Crippen molar-refractivity contribution in [3.8, 4) is 17.2 Å². The van der Waals surface area contributed by atoms with Crippen LogP contribution in [-0.2, 0) is 11.2 Å². The first-order valence-electron chi connectivity index (χ1n) is 15.6. The number of carboxylic acid groups (broad SMARTS) is 1. The number of anilines is 2. The molecule has 0 aliphatic heterocycles. The Morgan fingerprint density at radius 1 is 0.854 bits per heavy atom. The average molecular weight is 641 g/mol. The van der Waals surface area contributed by atoms with Crippen molar-refractivity contribution in [2.24, 2.45) is 0 Å². The summed E-state index contributed by atoms with van der Waals surface area (Å²) >= 11 is 0. The number of hydrogen-bond acceptors (Lipinski definition) is 7. The molecule has 0 aliphatic rings. The number of nitrogens with zero attached hydrogens (tertiary/aromatic N) is 1. The van der Waals surface area contributed by atoms with Crippen molar-refractivity contribution in [3.05, 3.63) is 143 Å². The van der Waals surface area contributed by atoms with Gasteiger partial charge in [-0.3, -0.25) is 4.79 Å². The van der Waals surface area contributed by atoms with Gasteiger partial charge in [0, 0.05) is 35.0 Å². The van der Waals surface area contributed by atoms with Crippen LogP contribution in [0.25, 0.3) is 11.0 Å².